The number of aryl methyl sites for hydroxylation is 2. The van der Waals surface area contributed by atoms with Gasteiger partial charge in [0, 0.05) is 6.54 Å². The molecule has 0 atom stereocenters. The van der Waals surface area contributed by atoms with Crippen LogP contribution in [-0.2, 0) is 6.54 Å². The van der Waals surface area contributed by atoms with Gasteiger partial charge in [-0.3, -0.25) is 0 Å². The molecule has 18 heavy (non-hydrogen) atoms. The van der Waals surface area contributed by atoms with Crippen molar-refractivity contribution >= 4 is 29.9 Å². The van der Waals surface area contributed by atoms with Crippen molar-refractivity contribution in [3.8, 4) is 12.3 Å². The van der Waals surface area contributed by atoms with Crippen LogP contribution in [0.3, 0.4) is 0 Å². The molecule has 0 aliphatic heterocycles. The second-order valence-electron chi connectivity index (χ2n) is 3.50. The zero-order valence-electron chi connectivity index (χ0n) is 10.9. The number of halogens is 1. The van der Waals surface area contributed by atoms with E-state index < -0.39 is 0 Å². The first-order chi connectivity index (χ1) is 8.17. The van der Waals surface area contributed by atoms with Gasteiger partial charge < -0.3 is 15.1 Å². The summed E-state index contributed by atoms with van der Waals surface area (Å²) in [6.07, 6.45) is 5.18. The highest BCUT2D eigenvalue weighted by atomic mass is 127. The topological polar surface area (TPSA) is 62.5 Å². The van der Waals surface area contributed by atoms with Crippen LogP contribution in [0.2, 0.25) is 0 Å². The minimum atomic E-state index is 0. The summed E-state index contributed by atoms with van der Waals surface area (Å²) in [6, 6.07) is 0. The average molecular weight is 362 g/mol. The number of aliphatic imine (C=N–C) groups is 1. The molecule has 1 aromatic rings. The van der Waals surface area contributed by atoms with Crippen LogP contribution in [0.1, 0.15) is 24.3 Å². The quantitative estimate of drug-likeness (QED) is 0.370. The molecular weight excluding hydrogens is 343 g/mol. The summed E-state index contributed by atoms with van der Waals surface area (Å²) in [5.41, 5.74) is 0.900. The molecule has 0 fully saturated rings. The molecule has 0 aliphatic rings. The Morgan fingerprint density at radius 3 is 2.67 bits per heavy atom. The van der Waals surface area contributed by atoms with Crippen molar-refractivity contribution in [2.75, 3.05) is 13.1 Å². The van der Waals surface area contributed by atoms with E-state index in [4.69, 9.17) is 10.8 Å². The fourth-order valence-electron chi connectivity index (χ4n) is 1.23. The zero-order valence-corrected chi connectivity index (χ0v) is 13.2. The first-order valence-corrected chi connectivity index (χ1v) is 5.56. The Kier molecular flexibility index (Phi) is 8.20. The number of hydrogen-bond donors (Lipinski definition) is 2. The highest BCUT2D eigenvalue weighted by Gasteiger charge is 2.04. The lowest BCUT2D eigenvalue weighted by Gasteiger charge is -2.07. The lowest BCUT2D eigenvalue weighted by molar-refractivity contribution is 0.473. The van der Waals surface area contributed by atoms with E-state index in [9.17, 15) is 0 Å². The molecule has 0 aliphatic carbocycles. The predicted octanol–water partition coefficient (Wildman–Crippen LogP) is 1.60. The molecule has 0 saturated heterocycles. The lowest BCUT2D eigenvalue weighted by atomic mass is 10.4. The summed E-state index contributed by atoms with van der Waals surface area (Å²) in [5.74, 6) is 4.60. The van der Waals surface area contributed by atoms with Crippen molar-refractivity contribution in [2.24, 2.45) is 4.99 Å². The number of guanidine groups is 1. The summed E-state index contributed by atoms with van der Waals surface area (Å²) in [4.78, 5) is 8.57. The minimum absolute atomic E-state index is 0. The van der Waals surface area contributed by atoms with Crippen LogP contribution < -0.4 is 10.6 Å². The van der Waals surface area contributed by atoms with Gasteiger partial charge in [0.25, 0.3) is 0 Å². The Labute approximate surface area is 125 Å². The number of rotatable bonds is 4. The van der Waals surface area contributed by atoms with E-state index in [-0.39, 0.29) is 24.0 Å². The molecule has 0 unspecified atom stereocenters. The number of nitrogens with zero attached hydrogens (tertiary/aromatic N) is 2. The Balaban J connectivity index is 0.00000289. The van der Waals surface area contributed by atoms with Crippen molar-refractivity contribution < 1.29 is 4.42 Å². The number of aromatic nitrogens is 1. The van der Waals surface area contributed by atoms with E-state index in [1.54, 1.807) is 0 Å². The van der Waals surface area contributed by atoms with Crippen molar-refractivity contribution in [1.82, 2.24) is 15.6 Å². The van der Waals surface area contributed by atoms with Gasteiger partial charge in [-0.15, -0.1) is 30.4 Å². The van der Waals surface area contributed by atoms with Crippen LogP contribution >= 0.6 is 24.0 Å². The van der Waals surface area contributed by atoms with Crippen LogP contribution in [0.25, 0.3) is 0 Å². The Bertz CT molecular complexity index is 414. The normalized spacial score (nSPS) is 10.4. The molecule has 1 rings (SSSR count). The van der Waals surface area contributed by atoms with Crippen LogP contribution in [0.5, 0.6) is 0 Å². The van der Waals surface area contributed by atoms with Gasteiger partial charge in [-0.1, -0.05) is 5.92 Å². The van der Waals surface area contributed by atoms with E-state index in [1.165, 1.54) is 0 Å². The van der Waals surface area contributed by atoms with E-state index in [0.29, 0.717) is 24.9 Å². The molecule has 1 aromatic heterocycles. The maximum atomic E-state index is 5.43. The second kappa shape index (κ2) is 8.80. The highest BCUT2D eigenvalue weighted by Crippen LogP contribution is 2.08. The fraction of sp³-hybridized carbons (Fsp3) is 0.500. The van der Waals surface area contributed by atoms with E-state index in [2.05, 4.69) is 26.5 Å². The van der Waals surface area contributed by atoms with E-state index in [1.807, 2.05) is 20.8 Å². The maximum Gasteiger partial charge on any atom is 0.216 e. The first-order valence-electron chi connectivity index (χ1n) is 5.56. The van der Waals surface area contributed by atoms with Gasteiger partial charge in [0.05, 0.1) is 12.2 Å². The summed E-state index contributed by atoms with van der Waals surface area (Å²) >= 11 is 0. The Morgan fingerprint density at radius 1 is 1.44 bits per heavy atom. The molecule has 5 nitrogen and oxygen atoms in total. The number of hydrogen-bond acceptors (Lipinski definition) is 3. The third kappa shape index (κ3) is 5.40. The molecule has 100 valence electrons. The van der Waals surface area contributed by atoms with Gasteiger partial charge in [0.2, 0.25) is 5.89 Å². The molecule has 0 saturated carbocycles. The molecule has 2 N–H and O–H groups in total. The molecule has 1 heterocycles. The first kappa shape index (κ1) is 16.8. The molecular formula is C12H19IN4O. The van der Waals surface area contributed by atoms with E-state index in [0.717, 1.165) is 18.0 Å². The van der Waals surface area contributed by atoms with Gasteiger partial charge in [0.1, 0.15) is 12.3 Å². The molecule has 0 bridgehead atoms. The van der Waals surface area contributed by atoms with Crippen LogP contribution in [0, 0.1) is 26.2 Å². The molecule has 0 spiro atoms. The minimum Gasteiger partial charge on any atom is -0.444 e. The molecule has 0 amide bonds. The zero-order chi connectivity index (χ0) is 12.7. The lowest BCUT2D eigenvalue weighted by Crippen LogP contribution is -2.37. The van der Waals surface area contributed by atoms with Gasteiger partial charge >= 0.3 is 0 Å². The SMILES string of the molecule is C#CCNC(=NCc1nc(C)c(C)o1)NCC.I. The second-order valence-corrected chi connectivity index (χ2v) is 3.50. The Hall–Kier alpha value is -1.23. The monoisotopic (exact) mass is 362 g/mol. The standard InChI is InChI=1S/C12H18N4O.HI/c1-5-7-14-12(13-6-2)15-8-11-16-9(3)10(4)17-11;/h1H,6-8H2,2-4H3,(H2,13,14,15);1H. The Morgan fingerprint density at radius 2 is 2.17 bits per heavy atom. The average Bonchev–Trinajstić information content (AvgIpc) is 2.62. The van der Waals surface area contributed by atoms with Crippen molar-refractivity contribution in [3.63, 3.8) is 0 Å². The van der Waals surface area contributed by atoms with Gasteiger partial charge in [-0.25, -0.2) is 9.98 Å². The van der Waals surface area contributed by atoms with E-state index >= 15 is 0 Å². The van der Waals surface area contributed by atoms with Crippen LogP contribution in [0.4, 0.5) is 0 Å². The van der Waals surface area contributed by atoms with Gasteiger partial charge in [-0.05, 0) is 20.8 Å². The number of terminal acetylenes is 1. The fourth-order valence-corrected chi connectivity index (χ4v) is 1.23. The smallest absolute Gasteiger partial charge is 0.216 e. The summed E-state index contributed by atoms with van der Waals surface area (Å²) in [7, 11) is 0. The van der Waals surface area contributed by atoms with Crippen molar-refractivity contribution in [1.29, 1.82) is 0 Å². The molecule has 0 radical (unpaired) electrons. The highest BCUT2D eigenvalue weighted by molar-refractivity contribution is 14.0. The summed E-state index contributed by atoms with van der Waals surface area (Å²) < 4.78 is 5.43. The van der Waals surface area contributed by atoms with Crippen LogP contribution in [-0.4, -0.2) is 24.0 Å². The van der Waals surface area contributed by atoms with Gasteiger partial charge in [0.15, 0.2) is 5.96 Å². The number of oxazole rings is 1. The van der Waals surface area contributed by atoms with Crippen molar-refractivity contribution in [3.05, 3.63) is 17.3 Å². The van der Waals surface area contributed by atoms with Crippen molar-refractivity contribution in [2.45, 2.75) is 27.3 Å². The summed E-state index contributed by atoms with van der Waals surface area (Å²) in [5, 5.41) is 6.08. The number of nitrogens with one attached hydrogen (secondary N) is 2. The predicted molar refractivity (Wildman–Crippen MR) is 83.0 cm³/mol. The molecule has 6 heteroatoms. The third-order valence-electron chi connectivity index (χ3n) is 2.15. The molecule has 0 aromatic carbocycles. The van der Waals surface area contributed by atoms with Gasteiger partial charge in [-0.2, -0.15) is 0 Å². The van der Waals surface area contributed by atoms with Crippen LogP contribution in [0.15, 0.2) is 9.41 Å². The largest absolute Gasteiger partial charge is 0.444 e. The third-order valence-corrected chi connectivity index (χ3v) is 2.15. The maximum absolute atomic E-state index is 5.43. The summed E-state index contributed by atoms with van der Waals surface area (Å²) in [6.45, 7) is 7.40.